The van der Waals surface area contributed by atoms with Gasteiger partial charge < -0.3 is 11.1 Å². The highest BCUT2D eigenvalue weighted by Gasteiger charge is 2.16. The van der Waals surface area contributed by atoms with Crippen molar-refractivity contribution >= 4 is 29.9 Å². The number of hydrogen-bond donors (Lipinski definition) is 2. The Morgan fingerprint density at radius 3 is 2.84 bits per heavy atom. The van der Waals surface area contributed by atoms with Crippen LogP contribution >= 0.6 is 24.0 Å². The quantitative estimate of drug-likeness (QED) is 0.471. The summed E-state index contributed by atoms with van der Waals surface area (Å²) < 4.78 is 12.9. The number of nitrogens with one attached hydrogen (secondary N) is 1. The van der Waals surface area contributed by atoms with Gasteiger partial charge in [-0.3, -0.25) is 4.99 Å². The van der Waals surface area contributed by atoms with Crippen molar-refractivity contribution in [2.75, 3.05) is 13.1 Å². The number of benzene rings is 1. The normalized spacial score (nSPS) is 15.5. The molecule has 0 heterocycles. The van der Waals surface area contributed by atoms with Crippen LogP contribution in [0.25, 0.3) is 0 Å². The summed E-state index contributed by atoms with van der Waals surface area (Å²) in [6.07, 6.45) is 4.63. The van der Waals surface area contributed by atoms with Crippen LogP contribution in [-0.2, 0) is 6.42 Å². The average molecular weight is 377 g/mol. The molecule has 3 nitrogen and oxygen atoms in total. The second-order valence-electron chi connectivity index (χ2n) is 4.83. The second kappa shape index (κ2) is 8.35. The van der Waals surface area contributed by atoms with Gasteiger partial charge in [-0.1, -0.05) is 18.6 Å². The SMILES string of the molecule is I.NC(=NCC1CCC1)NCCc1cccc(F)c1. The summed E-state index contributed by atoms with van der Waals surface area (Å²) in [7, 11) is 0. The molecule has 0 atom stereocenters. The highest BCUT2D eigenvalue weighted by molar-refractivity contribution is 14.0. The van der Waals surface area contributed by atoms with E-state index in [0.29, 0.717) is 12.5 Å². The molecular formula is C14H21FIN3. The molecule has 2 rings (SSSR count). The van der Waals surface area contributed by atoms with E-state index in [1.807, 2.05) is 6.07 Å². The van der Waals surface area contributed by atoms with Crippen molar-refractivity contribution in [3.8, 4) is 0 Å². The minimum Gasteiger partial charge on any atom is -0.370 e. The molecule has 1 aromatic carbocycles. The van der Waals surface area contributed by atoms with Gasteiger partial charge in [0.1, 0.15) is 5.82 Å². The first kappa shape index (κ1) is 16.2. The number of nitrogens with zero attached hydrogens (tertiary/aromatic N) is 1. The van der Waals surface area contributed by atoms with Crippen molar-refractivity contribution in [2.45, 2.75) is 25.7 Å². The number of nitrogens with two attached hydrogens (primary N) is 1. The summed E-state index contributed by atoms with van der Waals surface area (Å²) in [4.78, 5) is 4.30. The Bertz CT molecular complexity index is 419. The Labute approximate surface area is 130 Å². The molecule has 0 saturated heterocycles. The summed E-state index contributed by atoms with van der Waals surface area (Å²) in [5, 5.41) is 3.06. The lowest BCUT2D eigenvalue weighted by molar-refractivity contribution is 0.326. The third kappa shape index (κ3) is 5.76. The van der Waals surface area contributed by atoms with Gasteiger partial charge in [0.2, 0.25) is 0 Å². The fourth-order valence-electron chi connectivity index (χ4n) is 1.99. The molecule has 1 aromatic rings. The molecule has 5 heteroatoms. The van der Waals surface area contributed by atoms with E-state index in [0.717, 1.165) is 24.4 Å². The minimum atomic E-state index is -0.195. The fraction of sp³-hybridized carbons (Fsp3) is 0.500. The van der Waals surface area contributed by atoms with Crippen LogP contribution in [0.4, 0.5) is 4.39 Å². The second-order valence-corrected chi connectivity index (χ2v) is 4.83. The maximum Gasteiger partial charge on any atom is 0.188 e. The van der Waals surface area contributed by atoms with E-state index in [1.165, 1.54) is 25.3 Å². The van der Waals surface area contributed by atoms with Gasteiger partial charge in [0.15, 0.2) is 5.96 Å². The lowest BCUT2D eigenvalue weighted by atomic mass is 9.86. The Morgan fingerprint density at radius 2 is 2.21 bits per heavy atom. The monoisotopic (exact) mass is 377 g/mol. The van der Waals surface area contributed by atoms with Gasteiger partial charge >= 0.3 is 0 Å². The number of aliphatic imine (C=N–C) groups is 1. The first-order valence-corrected chi connectivity index (χ1v) is 6.52. The zero-order chi connectivity index (χ0) is 12.8. The van der Waals surface area contributed by atoms with Crippen LogP contribution in [0.15, 0.2) is 29.3 Å². The Kier molecular flexibility index (Phi) is 7.12. The highest BCUT2D eigenvalue weighted by atomic mass is 127. The topological polar surface area (TPSA) is 50.4 Å². The summed E-state index contributed by atoms with van der Waals surface area (Å²) in [6.45, 7) is 1.52. The van der Waals surface area contributed by atoms with Crippen LogP contribution in [-0.4, -0.2) is 19.0 Å². The molecule has 0 bridgehead atoms. The smallest absolute Gasteiger partial charge is 0.188 e. The van der Waals surface area contributed by atoms with E-state index in [2.05, 4.69) is 10.3 Å². The summed E-state index contributed by atoms with van der Waals surface area (Å²) in [5.41, 5.74) is 6.73. The van der Waals surface area contributed by atoms with Crippen LogP contribution in [0.3, 0.4) is 0 Å². The van der Waals surface area contributed by atoms with E-state index >= 15 is 0 Å². The number of guanidine groups is 1. The van der Waals surface area contributed by atoms with Gasteiger partial charge in [-0.2, -0.15) is 0 Å². The van der Waals surface area contributed by atoms with Crippen molar-refractivity contribution < 1.29 is 4.39 Å². The molecule has 1 saturated carbocycles. The Balaban J connectivity index is 0.00000180. The van der Waals surface area contributed by atoms with E-state index in [4.69, 9.17) is 5.73 Å². The first-order valence-electron chi connectivity index (χ1n) is 6.52. The molecule has 0 aliphatic heterocycles. The number of hydrogen-bond acceptors (Lipinski definition) is 1. The molecule has 0 unspecified atom stereocenters. The third-order valence-electron chi connectivity index (χ3n) is 3.35. The first-order chi connectivity index (χ1) is 8.74. The molecule has 106 valence electrons. The number of rotatable bonds is 5. The highest BCUT2D eigenvalue weighted by Crippen LogP contribution is 2.26. The molecule has 19 heavy (non-hydrogen) atoms. The predicted molar refractivity (Wildman–Crippen MR) is 87.4 cm³/mol. The van der Waals surface area contributed by atoms with Crippen molar-refractivity contribution in [1.29, 1.82) is 0 Å². The van der Waals surface area contributed by atoms with Crippen LogP contribution in [0, 0.1) is 11.7 Å². The van der Waals surface area contributed by atoms with Gasteiger partial charge in [-0.15, -0.1) is 24.0 Å². The third-order valence-corrected chi connectivity index (χ3v) is 3.35. The molecule has 0 radical (unpaired) electrons. The Morgan fingerprint density at radius 1 is 1.42 bits per heavy atom. The van der Waals surface area contributed by atoms with E-state index < -0.39 is 0 Å². The van der Waals surface area contributed by atoms with Gasteiger partial charge in [0.05, 0.1) is 0 Å². The molecule has 0 aromatic heterocycles. The van der Waals surface area contributed by atoms with Crippen molar-refractivity contribution in [2.24, 2.45) is 16.6 Å². The molecule has 1 aliphatic carbocycles. The van der Waals surface area contributed by atoms with Gasteiger partial charge in [0, 0.05) is 13.1 Å². The predicted octanol–water partition coefficient (Wildman–Crippen LogP) is 2.69. The molecular weight excluding hydrogens is 356 g/mol. The molecule has 0 spiro atoms. The van der Waals surface area contributed by atoms with E-state index in [-0.39, 0.29) is 29.8 Å². The van der Waals surface area contributed by atoms with E-state index in [9.17, 15) is 4.39 Å². The molecule has 1 fully saturated rings. The Hall–Kier alpha value is -0.850. The van der Waals surface area contributed by atoms with Crippen LogP contribution in [0.2, 0.25) is 0 Å². The fourth-order valence-corrected chi connectivity index (χ4v) is 1.99. The standard InChI is InChI=1S/C14H20FN3.HI/c15-13-6-2-3-11(9-13)7-8-17-14(16)18-10-12-4-1-5-12;/h2-3,6,9,12H,1,4-5,7-8,10H2,(H3,16,17,18);1H. The lowest BCUT2D eigenvalue weighted by Gasteiger charge is -2.23. The van der Waals surface area contributed by atoms with Crippen molar-refractivity contribution in [3.63, 3.8) is 0 Å². The van der Waals surface area contributed by atoms with Crippen LogP contribution in [0.5, 0.6) is 0 Å². The lowest BCUT2D eigenvalue weighted by Crippen LogP contribution is -2.34. The summed E-state index contributed by atoms with van der Waals surface area (Å²) >= 11 is 0. The van der Waals surface area contributed by atoms with Gasteiger partial charge in [-0.25, -0.2) is 4.39 Å². The zero-order valence-corrected chi connectivity index (χ0v) is 13.3. The number of halogens is 2. The van der Waals surface area contributed by atoms with Gasteiger partial charge in [-0.05, 0) is 42.9 Å². The van der Waals surface area contributed by atoms with E-state index in [1.54, 1.807) is 12.1 Å². The maximum absolute atomic E-state index is 12.9. The minimum absolute atomic E-state index is 0. The molecule has 3 N–H and O–H groups in total. The summed E-state index contributed by atoms with van der Waals surface area (Å²) in [6, 6.07) is 6.62. The maximum atomic E-state index is 12.9. The van der Waals surface area contributed by atoms with Crippen molar-refractivity contribution in [1.82, 2.24) is 5.32 Å². The largest absolute Gasteiger partial charge is 0.370 e. The zero-order valence-electron chi connectivity index (χ0n) is 10.9. The van der Waals surface area contributed by atoms with Crippen molar-refractivity contribution in [3.05, 3.63) is 35.6 Å². The average Bonchev–Trinajstić information content (AvgIpc) is 2.27. The molecule has 0 amide bonds. The van der Waals surface area contributed by atoms with Crippen LogP contribution < -0.4 is 11.1 Å². The molecule has 1 aliphatic rings. The van der Waals surface area contributed by atoms with Crippen LogP contribution in [0.1, 0.15) is 24.8 Å². The van der Waals surface area contributed by atoms with Gasteiger partial charge in [0.25, 0.3) is 0 Å². The summed E-state index contributed by atoms with van der Waals surface area (Å²) in [5.74, 6) is 1.03.